The predicted octanol–water partition coefficient (Wildman–Crippen LogP) is 5.98. The van der Waals surface area contributed by atoms with Crippen LogP contribution in [0.15, 0.2) is 83.3 Å². The summed E-state index contributed by atoms with van der Waals surface area (Å²) in [6, 6.07) is 11.8. The van der Waals surface area contributed by atoms with Crippen LogP contribution in [0.3, 0.4) is 0 Å². The summed E-state index contributed by atoms with van der Waals surface area (Å²) in [5.74, 6) is 1.67. The number of fused-ring (bicyclic) bond motifs is 2. The second-order valence-corrected chi connectivity index (χ2v) is 7.94. The third-order valence-electron chi connectivity index (χ3n) is 4.02. The van der Waals surface area contributed by atoms with Crippen LogP contribution in [0.4, 0.5) is 11.6 Å². The average molecular weight is 528 g/mol. The molecule has 0 fully saturated rings. The standard InChI is InChI=1S/2C11H10BrN3/c2*1-2-5-13-11-9-6-8(12)3-4-10(9)14-7-15-11/h2*2-4,6-7H,1,5H2,(H,13,14,15). The Morgan fingerprint density at radius 2 is 1.13 bits per heavy atom. The summed E-state index contributed by atoms with van der Waals surface area (Å²) in [6.45, 7) is 8.70. The van der Waals surface area contributed by atoms with Crippen molar-refractivity contribution in [1.29, 1.82) is 0 Å². The maximum atomic E-state index is 4.19. The molecule has 6 nitrogen and oxygen atoms in total. The quantitative estimate of drug-likeness (QED) is 0.300. The largest absolute Gasteiger partial charge is 0.366 e. The van der Waals surface area contributed by atoms with Crippen LogP contribution in [0.1, 0.15) is 0 Å². The second-order valence-electron chi connectivity index (χ2n) is 6.11. The van der Waals surface area contributed by atoms with Gasteiger partial charge < -0.3 is 10.6 Å². The van der Waals surface area contributed by atoms with Gasteiger partial charge in [0, 0.05) is 32.8 Å². The van der Waals surface area contributed by atoms with Gasteiger partial charge in [0.05, 0.1) is 11.0 Å². The van der Waals surface area contributed by atoms with Crippen LogP contribution in [-0.4, -0.2) is 33.0 Å². The van der Waals surface area contributed by atoms with E-state index in [1.54, 1.807) is 24.8 Å². The number of halogens is 2. The van der Waals surface area contributed by atoms with Crippen LogP contribution in [0.25, 0.3) is 21.8 Å². The van der Waals surface area contributed by atoms with Crippen molar-refractivity contribution in [3.8, 4) is 0 Å². The van der Waals surface area contributed by atoms with Crippen molar-refractivity contribution in [3.05, 3.63) is 83.3 Å². The molecule has 0 spiro atoms. The van der Waals surface area contributed by atoms with Gasteiger partial charge in [-0.1, -0.05) is 44.0 Å². The fourth-order valence-corrected chi connectivity index (χ4v) is 3.40. The van der Waals surface area contributed by atoms with E-state index in [2.05, 4.69) is 75.6 Å². The van der Waals surface area contributed by atoms with Gasteiger partial charge in [-0.15, -0.1) is 13.2 Å². The zero-order valence-corrected chi connectivity index (χ0v) is 19.3. The summed E-state index contributed by atoms with van der Waals surface area (Å²) in [4.78, 5) is 16.8. The molecule has 0 aliphatic rings. The predicted molar refractivity (Wildman–Crippen MR) is 132 cm³/mol. The van der Waals surface area contributed by atoms with Crippen LogP contribution in [-0.2, 0) is 0 Å². The lowest BCUT2D eigenvalue weighted by Gasteiger charge is -2.05. The highest BCUT2D eigenvalue weighted by Gasteiger charge is 2.03. The van der Waals surface area contributed by atoms with E-state index in [1.165, 1.54) is 0 Å². The molecule has 0 aliphatic heterocycles. The molecule has 0 radical (unpaired) electrons. The van der Waals surface area contributed by atoms with Gasteiger partial charge in [0.25, 0.3) is 0 Å². The highest BCUT2D eigenvalue weighted by Crippen LogP contribution is 2.24. The van der Waals surface area contributed by atoms with Gasteiger partial charge in [-0.2, -0.15) is 0 Å². The number of nitrogens with zero attached hydrogens (tertiary/aromatic N) is 4. The van der Waals surface area contributed by atoms with E-state index in [0.29, 0.717) is 13.1 Å². The molecule has 2 aromatic carbocycles. The lowest BCUT2D eigenvalue weighted by molar-refractivity contribution is 1.18. The maximum Gasteiger partial charge on any atom is 0.137 e. The highest BCUT2D eigenvalue weighted by atomic mass is 79.9. The lowest BCUT2D eigenvalue weighted by Crippen LogP contribution is -2.01. The Kier molecular flexibility index (Phi) is 7.87. The molecule has 0 saturated carbocycles. The van der Waals surface area contributed by atoms with Gasteiger partial charge in [-0.05, 0) is 36.4 Å². The van der Waals surface area contributed by atoms with Gasteiger partial charge in [-0.3, -0.25) is 0 Å². The molecular formula is C22H20Br2N6. The second kappa shape index (κ2) is 10.8. The number of nitrogens with one attached hydrogen (secondary N) is 2. The average Bonchev–Trinajstić information content (AvgIpc) is 2.76. The van der Waals surface area contributed by atoms with E-state index in [-0.39, 0.29) is 0 Å². The first-order chi connectivity index (χ1) is 14.6. The third-order valence-corrected chi connectivity index (χ3v) is 5.01. The molecule has 0 atom stereocenters. The maximum absolute atomic E-state index is 4.19. The number of benzene rings is 2. The van der Waals surface area contributed by atoms with Gasteiger partial charge >= 0.3 is 0 Å². The first-order valence-electron chi connectivity index (χ1n) is 9.12. The fraction of sp³-hybridized carbons (Fsp3) is 0.0909. The minimum atomic E-state index is 0.693. The summed E-state index contributed by atoms with van der Waals surface area (Å²) in [5, 5.41) is 8.37. The summed E-state index contributed by atoms with van der Waals surface area (Å²) in [7, 11) is 0. The van der Waals surface area contributed by atoms with Crippen molar-refractivity contribution < 1.29 is 0 Å². The molecule has 8 heteroatoms. The smallest absolute Gasteiger partial charge is 0.137 e. The minimum Gasteiger partial charge on any atom is -0.366 e. The van der Waals surface area contributed by atoms with Crippen molar-refractivity contribution in [3.63, 3.8) is 0 Å². The van der Waals surface area contributed by atoms with Crippen LogP contribution >= 0.6 is 31.9 Å². The zero-order valence-electron chi connectivity index (χ0n) is 16.1. The van der Waals surface area contributed by atoms with Gasteiger partial charge in [-0.25, -0.2) is 19.9 Å². The topological polar surface area (TPSA) is 75.6 Å². The molecule has 2 heterocycles. The number of anilines is 2. The monoisotopic (exact) mass is 526 g/mol. The fourth-order valence-electron chi connectivity index (χ4n) is 2.68. The Morgan fingerprint density at radius 1 is 0.700 bits per heavy atom. The number of hydrogen-bond donors (Lipinski definition) is 2. The van der Waals surface area contributed by atoms with Gasteiger partial charge in [0.2, 0.25) is 0 Å². The van der Waals surface area contributed by atoms with Crippen LogP contribution < -0.4 is 10.6 Å². The SMILES string of the molecule is C=CCNc1ncnc2ccc(Br)cc12.C=CCNc1ncnc2ccc(Br)cc12. The molecule has 4 rings (SSSR count). The molecule has 4 aromatic rings. The molecule has 2 aromatic heterocycles. The number of aromatic nitrogens is 4. The lowest BCUT2D eigenvalue weighted by atomic mass is 10.2. The molecular weight excluding hydrogens is 508 g/mol. The minimum absolute atomic E-state index is 0.693. The van der Waals surface area contributed by atoms with Crippen LogP contribution in [0, 0.1) is 0 Å². The Morgan fingerprint density at radius 3 is 1.53 bits per heavy atom. The Hall–Kier alpha value is -2.84. The molecule has 0 bridgehead atoms. The zero-order chi connectivity index (χ0) is 21.3. The van der Waals surface area contributed by atoms with E-state index in [4.69, 9.17) is 0 Å². The Bertz CT molecular complexity index is 1090. The number of rotatable bonds is 6. The highest BCUT2D eigenvalue weighted by molar-refractivity contribution is 9.10. The van der Waals surface area contributed by atoms with E-state index in [1.807, 2.05) is 36.4 Å². The molecule has 0 unspecified atom stereocenters. The molecule has 0 saturated heterocycles. The summed E-state index contributed by atoms with van der Waals surface area (Å²) in [5.41, 5.74) is 1.86. The van der Waals surface area contributed by atoms with Gasteiger partial charge in [0.15, 0.2) is 0 Å². The Balaban J connectivity index is 0.000000171. The van der Waals surface area contributed by atoms with Crippen LogP contribution in [0.5, 0.6) is 0 Å². The van der Waals surface area contributed by atoms with Crippen molar-refractivity contribution in [2.45, 2.75) is 0 Å². The normalized spacial score (nSPS) is 10.2. The third kappa shape index (κ3) is 5.61. The van der Waals surface area contributed by atoms with E-state index in [0.717, 1.165) is 42.4 Å². The van der Waals surface area contributed by atoms with Crippen LogP contribution in [0.2, 0.25) is 0 Å². The Labute approximate surface area is 191 Å². The van der Waals surface area contributed by atoms with Crippen molar-refractivity contribution in [2.24, 2.45) is 0 Å². The molecule has 30 heavy (non-hydrogen) atoms. The molecule has 0 amide bonds. The first kappa shape index (κ1) is 21.9. The number of hydrogen-bond acceptors (Lipinski definition) is 6. The summed E-state index contributed by atoms with van der Waals surface area (Å²) < 4.78 is 2.04. The first-order valence-corrected chi connectivity index (χ1v) is 10.7. The molecule has 0 aliphatic carbocycles. The van der Waals surface area contributed by atoms with E-state index in [9.17, 15) is 0 Å². The van der Waals surface area contributed by atoms with Crippen molar-refractivity contribution >= 4 is 65.3 Å². The molecule has 2 N–H and O–H groups in total. The van der Waals surface area contributed by atoms with E-state index < -0.39 is 0 Å². The van der Waals surface area contributed by atoms with Gasteiger partial charge in [0.1, 0.15) is 24.3 Å². The van der Waals surface area contributed by atoms with Crippen molar-refractivity contribution in [1.82, 2.24) is 19.9 Å². The van der Waals surface area contributed by atoms with E-state index >= 15 is 0 Å². The van der Waals surface area contributed by atoms with Crippen molar-refractivity contribution in [2.75, 3.05) is 23.7 Å². The molecule has 152 valence electrons. The summed E-state index contributed by atoms with van der Waals surface area (Å²) in [6.07, 6.45) is 6.71. The summed E-state index contributed by atoms with van der Waals surface area (Å²) >= 11 is 6.86.